The highest BCUT2D eigenvalue weighted by molar-refractivity contribution is 9.10. The molecule has 0 radical (unpaired) electrons. The van der Waals surface area contributed by atoms with Gasteiger partial charge in [-0.05, 0) is 35.9 Å². The van der Waals surface area contributed by atoms with E-state index in [2.05, 4.69) is 25.9 Å². The van der Waals surface area contributed by atoms with E-state index in [1.165, 1.54) is 0 Å². The molecule has 1 aromatic heterocycles. The van der Waals surface area contributed by atoms with Gasteiger partial charge in [0.15, 0.2) is 0 Å². The smallest absolute Gasteiger partial charge is 0.210 e. The summed E-state index contributed by atoms with van der Waals surface area (Å²) in [4.78, 5) is 8.90. The number of hydrogen-bond donors (Lipinski definition) is 0. The quantitative estimate of drug-likeness (QED) is 0.637. The van der Waals surface area contributed by atoms with Crippen LogP contribution in [0.25, 0.3) is 10.2 Å². The molecule has 20 heavy (non-hydrogen) atoms. The van der Waals surface area contributed by atoms with Crippen molar-refractivity contribution in [1.29, 1.82) is 0 Å². The number of thiazole rings is 1. The summed E-state index contributed by atoms with van der Waals surface area (Å²) in [6, 6.07) is 13.8. The number of fused-ring (bicyclic) bond motifs is 1. The van der Waals surface area contributed by atoms with Gasteiger partial charge in [-0.1, -0.05) is 39.4 Å². The Hall–Kier alpha value is -1.72. The van der Waals surface area contributed by atoms with Gasteiger partial charge in [0.1, 0.15) is 5.75 Å². The SMILES string of the molecule is COc1ccc2nc(/N=C/c3ccc(Br)cc3)sc2c1. The molecule has 0 fully saturated rings. The summed E-state index contributed by atoms with van der Waals surface area (Å²) in [5.74, 6) is 0.838. The summed E-state index contributed by atoms with van der Waals surface area (Å²) in [7, 11) is 1.66. The van der Waals surface area contributed by atoms with E-state index in [-0.39, 0.29) is 0 Å². The van der Waals surface area contributed by atoms with E-state index in [0.29, 0.717) is 0 Å². The molecular weight excluding hydrogens is 336 g/mol. The van der Waals surface area contributed by atoms with Crippen LogP contribution in [0.5, 0.6) is 5.75 Å². The lowest BCUT2D eigenvalue weighted by molar-refractivity contribution is 0.415. The van der Waals surface area contributed by atoms with Crippen LogP contribution in [-0.2, 0) is 0 Å². The van der Waals surface area contributed by atoms with Crippen molar-refractivity contribution in [2.45, 2.75) is 0 Å². The van der Waals surface area contributed by atoms with Crippen LogP contribution in [0.15, 0.2) is 51.9 Å². The van der Waals surface area contributed by atoms with Gasteiger partial charge in [-0.3, -0.25) is 0 Å². The van der Waals surface area contributed by atoms with E-state index in [1.54, 1.807) is 18.4 Å². The Labute approximate surface area is 129 Å². The zero-order chi connectivity index (χ0) is 13.9. The molecule has 0 aliphatic rings. The maximum Gasteiger partial charge on any atom is 0.210 e. The number of nitrogens with zero attached hydrogens (tertiary/aromatic N) is 2. The first-order valence-electron chi connectivity index (χ1n) is 5.99. The second-order valence-electron chi connectivity index (χ2n) is 4.14. The third-order valence-corrected chi connectivity index (χ3v) is 4.23. The first-order chi connectivity index (χ1) is 9.74. The third kappa shape index (κ3) is 2.89. The van der Waals surface area contributed by atoms with Crippen molar-refractivity contribution in [3.05, 3.63) is 52.5 Å². The molecule has 3 nitrogen and oxygen atoms in total. The summed E-state index contributed by atoms with van der Waals surface area (Å²) in [6.07, 6.45) is 1.82. The highest BCUT2D eigenvalue weighted by atomic mass is 79.9. The number of ether oxygens (including phenoxy) is 1. The Bertz CT molecular complexity index is 765. The van der Waals surface area contributed by atoms with E-state index >= 15 is 0 Å². The zero-order valence-electron chi connectivity index (χ0n) is 10.7. The van der Waals surface area contributed by atoms with Crippen LogP contribution in [0.1, 0.15) is 5.56 Å². The molecule has 0 unspecified atom stereocenters. The fourth-order valence-electron chi connectivity index (χ4n) is 1.75. The van der Waals surface area contributed by atoms with Gasteiger partial charge in [-0.15, -0.1) is 0 Å². The van der Waals surface area contributed by atoms with Gasteiger partial charge in [-0.2, -0.15) is 0 Å². The zero-order valence-corrected chi connectivity index (χ0v) is 13.1. The Morgan fingerprint density at radius 2 is 2.00 bits per heavy atom. The Morgan fingerprint density at radius 3 is 2.75 bits per heavy atom. The van der Waals surface area contributed by atoms with E-state index in [9.17, 15) is 0 Å². The van der Waals surface area contributed by atoms with Crippen molar-refractivity contribution >= 4 is 48.8 Å². The molecule has 1 heterocycles. The van der Waals surface area contributed by atoms with E-state index in [4.69, 9.17) is 4.74 Å². The number of aliphatic imine (C=N–C) groups is 1. The lowest BCUT2D eigenvalue weighted by Crippen LogP contribution is -1.80. The second-order valence-corrected chi connectivity index (χ2v) is 6.06. The first kappa shape index (κ1) is 13.3. The van der Waals surface area contributed by atoms with E-state index in [1.807, 2.05) is 48.7 Å². The number of halogens is 1. The molecule has 0 saturated heterocycles. The predicted octanol–water partition coefficient (Wildman–Crippen LogP) is 4.82. The van der Waals surface area contributed by atoms with Gasteiger partial charge in [-0.25, -0.2) is 9.98 Å². The largest absolute Gasteiger partial charge is 0.497 e. The molecule has 3 aromatic rings. The molecule has 0 aliphatic heterocycles. The van der Waals surface area contributed by atoms with Crippen LogP contribution < -0.4 is 4.74 Å². The van der Waals surface area contributed by atoms with Crippen molar-refractivity contribution in [3.63, 3.8) is 0 Å². The average molecular weight is 347 g/mol. The number of rotatable bonds is 3. The van der Waals surface area contributed by atoms with Gasteiger partial charge in [0.25, 0.3) is 0 Å². The molecule has 0 aliphatic carbocycles. The predicted molar refractivity (Wildman–Crippen MR) is 87.6 cm³/mol. The number of hydrogen-bond acceptors (Lipinski definition) is 4. The van der Waals surface area contributed by atoms with Crippen LogP contribution in [-0.4, -0.2) is 18.3 Å². The molecule has 0 atom stereocenters. The van der Waals surface area contributed by atoms with Crippen LogP contribution in [0.2, 0.25) is 0 Å². The van der Waals surface area contributed by atoms with E-state index in [0.717, 1.165) is 31.1 Å². The molecule has 0 bridgehead atoms. The van der Waals surface area contributed by atoms with Crippen molar-refractivity contribution in [1.82, 2.24) is 4.98 Å². The Morgan fingerprint density at radius 1 is 1.20 bits per heavy atom. The molecule has 100 valence electrons. The molecule has 0 saturated carbocycles. The minimum Gasteiger partial charge on any atom is -0.497 e. The molecule has 3 rings (SSSR count). The first-order valence-corrected chi connectivity index (χ1v) is 7.60. The summed E-state index contributed by atoms with van der Waals surface area (Å²) in [6.45, 7) is 0. The van der Waals surface area contributed by atoms with Crippen LogP contribution >= 0.6 is 27.3 Å². The third-order valence-electron chi connectivity index (χ3n) is 2.78. The number of benzene rings is 2. The second kappa shape index (κ2) is 5.73. The molecule has 2 aromatic carbocycles. The molecule has 0 amide bonds. The highest BCUT2D eigenvalue weighted by Crippen LogP contribution is 2.30. The Kier molecular flexibility index (Phi) is 3.80. The van der Waals surface area contributed by atoms with Gasteiger partial charge >= 0.3 is 0 Å². The van der Waals surface area contributed by atoms with Gasteiger partial charge in [0, 0.05) is 10.7 Å². The molecule has 0 spiro atoms. The minimum absolute atomic E-state index is 0.746. The standard InChI is InChI=1S/C15H11BrN2OS/c1-19-12-6-7-13-14(8-12)20-15(18-13)17-9-10-2-4-11(16)5-3-10/h2-9H,1H3/b17-9+. The minimum atomic E-state index is 0.746. The summed E-state index contributed by atoms with van der Waals surface area (Å²) in [5.41, 5.74) is 1.99. The molecular formula is C15H11BrN2OS. The highest BCUT2D eigenvalue weighted by Gasteiger charge is 2.03. The summed E-state index contributed by atoms with van der Waals surface area (Å²) >= 11 is 4.96. The van der Waals surface area contributed by atoms with Crippen molar-refractivity contribution in [3.8, 4) is 5.75 Å². The summed E-state index contributed by atoms with van der Waals surface area (Å²) < 4.78 is 7.34. The average Bonchev–Trinajstić information content (AvgIpc) is 2.88. The van der Waals surface area contributed by atoms with Crippen molar-refractivity contribution < 1.29 is 4.74 Å². The van der Waals surface area contributed by atoms with Crippen LogP contribution in [0.3, 0.4) is 0 Å². The topological polar surface area (TPSA) is 34.5 Å². The van der Waals surface area contributed by atoms with Crippen molar-refractivity contribution in [2.75, 3.05) is 7.11 Å². The van der Waals surface area contributed by atoms with Gasteiger partial charge < -0.3 is 4.74 Å². The maximum atomic E-state index is 5.21. The number of aromatic nitrogens is 1. The van der Waals surface area contributed by atoms with E-state index < -0.39 is 0 Å². The van der Waals surface area contributed by atoms with Crippen LogP contribution in [0.4, 0.5) is 5.13 Å². The maximum absolute atomic E-state index is 5.21. The van der Waals surface area contributed by atoms with Gasteiger partial charge in [0.2, 0.25) is 5.13 Å². The van der Waals surface area contributed by atoms with Crippen molar-refractivity contribution in [2.24, 2.45) is 4.99 Å². The van der Waals surface area contributed by atoms with Gasteiger partial charge in [0.05, 0.1) is 17.3 Å². The molecule has 5 heteroatoms. The monoisotopic (exact) mass is 346 g/mol. The summed E-state index contributed by atoms with van der Waals surface area (Å²) in [5, 5.41) is 0.746. The van der Waals surface area contributed by atoms with Crippen LogP contribution in [0, 0.1) is 0 Å². The number of methoxy groups -OCH3 is 1. The molecule has 0 N–H and O–H groups in total. The normalized spacial score (nSPS) is 11.3. The fraction of sp³-hybridized carbons (Fsp3) is 0.0667. The lowest BCUT2D eigenvalue weighted by Gasteiger charge is -1.96. The Balaban J connectivity index is 1.88. The fourth-order valence-corrected chi connectivity index (χ4v) is 2.86. The lowest BCUT2D eigenvalue weighted by atomic mass is 10.2.